The van der Waals surface area contributed by atoms with Crippen LogP contribution in [0.15, 0.2) is 18.2 Å². The second-order valence-corrected chi connectivity index (χ2v) is 3.97. The van der Waals surface area contributed by atoms with Crippen molar-refractivity contribution in [3.05, 3.63) is 32.9 Å². The summed E-state index contributed by atoms with van der Waals surface area (Å²) in [6.07, 6.45) is 0.640. The molecule has 0 atom stereocenters. The summed E-state index contributed by atoms with van der Waals surface area (Å²) in [5.74, 6) is -0.801. The molecule has 0 aliphatic carbocycles. The third-order valence-corrected chi connectivity index (χ3v) is 2.79. The fourth-order valence-corrected chi connectivity index (χ4v) is 1.85. The molecule has 1 N–H and O–H groups in total. The van der Waals surface area contributed by atoms with Gasteiger partial charge in [-0.3, -0.25) is 4.79 Å². The van der Waals surface area contributed by atoms with E-state index in [4.69, 9.17) is 10.4 Å². The molecular formula is C10H8INO2. The zero-order chi connectivity index (χ0) is 10.6. The first-order valence-corrected chi connectivity index (χ1v) is 5.11. The second kappa shape index (κ2) is 4.96. The van der Waals surface area contributed by atoms with Gasteiger partial charge in [-0.15, -0.1) is 0 Å². The molecular weight excluding hydrogens is 293 g/mol. The lowest BCUT2D eigenvalue weighted by Gasteiger charge is -2.02. The first-order chi connectivity index (χ1) is 6.63. The Morgan fingerprint density at radius 3 is 2.79 bits per heavy atom. The van der Waals surface area contributed by atoms with Crippen molar-refractivity contribution in [2.75, 3.05) is 0 Å². The smallest absolute Gasteiger partial charge is 0.303 e. The SMILES string of the molecule is N#Cc1ccc(CCC(=O)O)c(I)c1. The maximum Gasteiger partial charge on any atom is 0.303 e. The average molecular weight is 301 g/mol. The van der Waals surface area contributed by atoms with Crippen LogP contribution in [-0.2, 0) is 11.2 Å². The van der Waals surface area contributed by atoms with Gasteiger partial charge in [0, 0.05) is 9.99 Å². The van der Waals surface area contributed by atoms with Crippen LogP contribution in [0.4, 0.5) is 0 Å². The molecule has 1 aromatic rings. The van der Waals surface area contributed by atoms with E-state index in [1.165, 1.54) is 0 Å². The molecule has 0 aromatic heterocycles. The largest absolute Gasteiger partial charge is 0.481 e. The van der Waals surface area contributed by atoms with Gasteiger partial charge in [-0.25, -0.2) is 0 Å². The van der Waals surface area contributed by atoms with Crippen LogP contribution in [-0.4, -0.2) is 11.1 Å². The summed E-state index contributed by atoms with van der Waals surface area (Å²) in [7, 11) is 0. The molecule has 0 saturated heterocycles. The highest BCUT2D eigenvalue weighted by Gasteiger charge is 2.03. The number of carboxylic acid groups (broad SMARTS) is 1. The molecule has 0 unspecified atom stereocenters. The second-order valence-electron chi connectivity index (χ2n) is 2.81. The third kappa shape index (κ3) is 3.00. The topological polar surface area (TPSA) is 61.1 Å². The maximum absolute atomic E-state index is 10.4. The third-order valence-electron chi connectivity index (χ3n) is 1.79. The zero-order valence-corrected chi connectivity index (χ0v) is 9.48. The number of carboxylic acids is 1. The molecule has 1 rings (SSSR count). The first kappa shape index (κ1) is 11.0. The van der Waals surface area contributed by atoms with Gasteiger partial charge in [0.05, 0.1) is 11.6 Å². The average Bonchev–Trinajstić information content (AvgIpc) is 2.15. The Bertz CT molecular complexity index is 396. The molecule has 0 heterocycles. The molecule has 0 aliphatic rings. The summed E-state index contributed by atoms with van der Waals surface area (Å²) in [6.45, 7) is 0. The fraction of sp³-hybridized carbons (Fsp3) is 0.200. The highest BCUT2D eigenvalue weighted by atomic mass is 127. The van der Waals surface area contributed by atoms with Crippen LogP contribution in [0.3, 0.4) is 0 Å². The van der Waals surface area contributed by atoms with E-state index >= 15 is 0 Å². The van der Waals surface area contributed by atoms with E-state index in [9.17, 15) is 4.79 Å². The van der Waals surface area contributed by atoms with Gasteiger partial charge in [0.25, 0.3) is 0 Å². The molecule has 14 heavy (non-hydrogen) atoms. The predicted molar refractivity (Wildman–Crippen MR) is 59.8 cm³/mol. The summed E-state index contributed by atoms with van der Waals surface area (Å²) >= 11 is 2.11. The number of hydrogen-bond acceptors (Lipinski definition) is 2. The van der Waals surface area contributed by atoms with Crippen molar-refractivity contribution >= 4 is 28.6 Å². The van der Waals surface area contributed by atoms with Crippen LogP contribution in [0.1, 0.15) is 17.5 Å². The summed E-state index contributed by atoms with van der Waals surface area (Å²) < 4.78 is 0.947. The van der Waals surface area contributed by atoms with Crippen LogP contribution in [0.25, 0.3) is 0 Å². The first-order valence-electron chi connectivity index (χ1n) is 4.04. The summed E-state index contributed by atoms with van der Waals surface area (Å²) in [4.78, 5) is 10.4. The van der Waals surface area contributed by atoms with Crippen LogP contribution >= 0.6 is 22.6 Å². The number of hydrogen-bond donors (Lipinski definition) is 1. The van der Waals surface area contributed by atoms with E-state index < -0.39 is 5.97 Å². The lowest BCUT2D eigenvalue weighted by molar-refractivity contribution is -0.136. The number of nitrogens with zero attached hydrogens (tertiary/aromatic N) is 1. The Balaban J connectivity index is 2.80. The summed E-state index contributed by atoms with van der Waals surface area (Å²) in [6, 6.07) is 7.32. The van der Waals surface area contributed by atoms with Crippen molar-refractivity contribution in [3.63, 3.8) is 0 Å². The Hall–Kier alpha value is -1.09. The minimum Gasteiger partial charge on any atom is -0.481 e. The predicted octanol–water partition coefficient (Wildman–Crippen LogP) is 2.18. The number of benzene rings is 1. The van der Waals surface area contributed by atoms with Crippen LogP contribution in [0, 0.1) is 14.9 Å². The Labute approximate surface area is 95.5 Å². The van der Waals surface area contributed by atoms with E-state index in [2.05, 4.69) is 22.6 Å². The van der Waals surface area contributed by atoms with Gasteiger partial charge in [-0.2, -0.15) is 5.26 Å². The van der Waals surface area contributed by atoms with Gasteiger partial charge in [0.1, 0.15) is 0 Å². The molecule has 0 bridgehead atoms. The molecule has 0 saturated carbocycles. The molecule has 1 aromatic carbocycles. The van der Waals surface area contributed by atoms with E-state index in [1.54, 1.807) is 12.1 Å². The van der Waals surface area contributed by atoms with Gasteiger partial charge >= 0.3 is 5.97 Å². The van der Waals surface area contributed by atoms with Gasteiger partial charge < -0.3 is 5.11 Å². The van der Waals surface area contributed by atoms with E-state index in [0.29, 0.717) is 12.0 Å². The molecule has 3 nitrogen and oxygen atoms in total. The highest BCUT2D eigenvalue weighted by Crippen LogP contribution is 2.15. The molecule has 0 amide bonds. The van der Waals surface area contributed by atoms with Crippen LogP contribution in [0.5, 0.6) is 0 Å². The molecule has 72 valence electrons. The van der Waals surface area contributed by atoms with E-state index in [0.717, 1.165) is 9.13 Å². The van der Waals surface area contributed by atoms with Crippen molar-refractivity contribution in [3.8, 4) is 6.07 Å². The minimum atomic E-state index is -0.801. The number of aliphatic carboxylic acids is 1. The summed E-state index contributed by atoms with van der Waals surface area (Å²) in [5, 5.41) is 17.1. The fourth-order valence-electron chi connectivity index (χ4n) is 1.06. The maximum atomic E-state index is 10.4. The molecule has 4 heteroatoms. The zero-order valence-electron chi connectivity index (χ0n) is 7.33. The van der Waals surface area contributed by atoms with Crippen molar-refractivity contribution in [1.29, 1.82) is 5.26 Å². The highest BCUT2D eigenvalue weighted by molar-refractivity contribution is 14.1. The van der Waals surface area contributed by atoms with Crippen molar-refractivity contribution in [2.24, 2.45) is 0 Å². The van der Waals surface area contributed by atoms with Gasteiger partial charge in [-0.05, 0) is 46.7 Å². The number of halogens is 1. The Kier molecular flexibility index (Phi) is 3.89. The number of nitriles is 1. The molecule has 0 spiro atoms. The standard InChI is InChI=1S/C10H8INO2/c11-9-5-7(6-12)1-2-8(9)3-4-10(13)14/h1-2,5H,3-4H2,(H,13,14). The van der Waals surface area contributed by atoms with Crippen LogP contribution < -0.4 is 0 Å². The summed E-state index contributed by atoms with van der Waals surface area (Å²) in [5.41, 5.74) is 1.58. The minimum absolute atomic E-state index is 0.127. The normalized spacial score (nSPS) is 9.43. The monoisotopic (exact) mass is 301 g/mol. The van der Waals surface area contributed by atoms with Crippen LogP contribution in [0.2, 0.25) is 0 Å². The number of rotatable bonds is 3. The quantitative estimate of drug-likeness (QED) is 0.870. The van der Waals surface area contributed by atoms with Gasteiger partial charge in [-0.1, -0.05) is 6.07 Å². The lowest BCUT2D eigenvalue weighted by atomic mass is 10.1. The number of carbonyl (C=O) groups is 1. The van der Waals surface area contributed by atoms with Gasteiger partial charge in [0.2, 0.25) is 0 Å². The molecule has 0 fully saturated rings. The lowest BCUT2D eigenvalue weighted by Crippen LogP contribution is -1.99. The Morgan fingerprint density at radius 2 is 2.29 bits per heavy atom. The molecule has 0 aliphatic heterocycles. The van der Waals surface area contributed by atoms with E-state index in [1.807, 2.05) is 12.1 Å². The van der Waals surface area contributed by atoms with E-state index in [-0.39, 0.29) is 6.42 Å². The van der Waals surface area contributed by atoms with Crippen molar-refractivity contribution in [1.82, 2.24) is 0 Å². The number of aryl methyl sites for hydroxylation is 1. The van der Waals surface area contributed by atoms with Crippen molar-refractivity contribution in [2.45, 2.75) is 12.8 Å². The van der Waals surface area contributed by atoms with Gasteiger partial charge in [0.15, 0.2) is 0 Å². The Morgan fingerprint density at radius 1 is 1.57 bits per heavy atom. The van der Waals surface area contributed by atoms with Crippen molar-refractivity contribution < 1.29 is 9.90 Å². The molecule has 0 radical (unpaired) electrons.